The number of aliphatic hydroxyl groups excluding tert-OH is 2. The summed E-state index contributed by atoms with van der Waals surface area (Å²) >= 11 is 0. The molecule has 2 nitrogen and oxygen atoms in total. The predicted molar refractivity (Wildman–Crippen MR) is 171 cm³/mol. The third-order valence-electron chi connectivity index (χ3n) is 9.03. The quantitative estimate of drug-likeness (QED) is 0.0836. The fourth-order valence-electron chi connectivity index (χ4n) is 5.81. The van der Waals surface area contributed by atoms with Gasteiger partial charge in [-0.1, -0.05) is 181 Å². The summed E-state index contributed by atoms with van der Waals surface area (Å²) in [5.74, 6) is 1.70. The summed E-state index contributed by atoms with van der Waals surface area (Å²) in [7, 11) is 0. The molecule has 0 aliphatic rings. The van der Waals surface area contributed by atoms with E-state index in [0.29, 0.717) is 6.61 Å². The standard InChI is InChI=1S/C36H74O2/c1-4-34(2)28-24-20-16-12-9-10-14-18-22-26-30-36(38)32-31-35(3)29-25-21-17-13-8-6-5-7-11-15-19-23-27-33-37/h34-38H,4-33H2,1-3H3. The van der Waals surface area contributed by atoms with Crippen molar-refractivity contribution in [2.45, 2.75) is 213 Å². The van der Waals surface area contributed by atoms with Gasteiger partial charge < -0.3 is 10.2 Å². The van der Waals surface area contributed by atoms with E-state index in [1.807, 2.05) is 0 Å². The lowest BCUT2D eigenvalue weighted by molar-refractivity contribution is 0.141. The Morgan fingerprint density at radius 2 is 0.684 bits per heavy atom. The number of unbranched alkanes of at least 4 members (excludes halogenated alkanes) is 21. The zero-order valence-electron chi connectivity index (χ0n) is 26.8. The highest BCUT2D eigenvalue weighted by atomic mass is 16.3. The molecule has 0 amide bonds. The Hall–Kier alpha value is -0.0800. The van der Waals surface area contributed by atoms with Gasteiger partial charge in [0.1, 0.15) is 0 Å². The van der Waals surface area contributed by atoms with Crippen molar-refractivity contribution < 1.29 is 10.2 Å². The zero-order valence-corrected chi connectivity index (χ0v) is 26.8. The van der Waals surface area contributed by atoms with Crippen LogP contribution in [0.25, 0.3) is 0 Å². The third kappa shape index (κ3) is 30.5. The molecule has 38 heavy (non-hydrogen) atoms. The van der Waals surface area contributed by atoms with Gasteiger partial charge in [0.25, 0.3) is 0 Å². The van der Waals surface area contributed by atoms with Gasteiger partial charge in [-0.25, -0.2) is 0 Å². The smallest absolute Gasteiger partial charge is 0.0540 e. The molecule has 2 N–H and O–H groups in total. The molecule has 0 radical (unpaired) electrons. The zero-order chi connectivity index (χ0) is 27.9. The Morgan fingerprint density at radius 1 is 0.368 bits per heavy atom. The molecule has 0 aromatic rings. The highest BCUT2D eigenvalue weighted by Crippen LogP contribution is 2.20. The molecule has 2 heteroatoms. The molecule has 0 saturated heterocycles. The molecule has 0 aliphatic heterocycles. The normalized spacial score (nSPS) is 14.1. The predicted octanol–water partition coefficient (Wildman–Crippen LogP) is 11.9. The summed E-state index contributed by atoms with van der Waals surface area (Å²) < 4.78 is 0. The lowest BCUT2D eigenvalue weighted by Crippen LogP contribution is -2.08. The first kappa shape index (κ1) is 37.9. The van der Waals surface area contributed by atoms with E-state index in [0.717, 1.165) is 31.1 Å². The first-order valence-corrected chi connectivity index (χ1v) is 17.9. The summed E-state index contributed by atoms with van der Waals surface area (Å²) in [6.45, 7) is 7.45. The largest absolute Gasteiger partial charge is 0.396 e. The van der Waals surface area contributed by atoms with Crippen LogP contribution in [-0.4, -0.2) is 22.9 Å². The maximum absolute atomic E-state index is 10.4. The number of rotatable bonds is 32. The van der Waals surface area contributed by atoms with Crippen molar-refractivity contribution in [3.63, 3.8) is 0 Å². The number of hydrogen-bond acceptors (Lipinski definition) is 2. The molecular weight excluding hydrogens is 464 g/mol. The molecular formula is C36H74O2. The average Bonchev–Trinajstić information content (AvgIpc) is 2.92. The molecule has 0 aromatic carbocycles. The minimum absolute atomic E-state index is 0.0617. The molecule has 0 aromatic heterocycles. The molecule has 0 heterocycles. The second-order valence-electron chi connectivity index (χ2n) is 13.1. The van der Waals surface area contributed by atoms with Crippen LogP contribution in [0.3, 0.4) is 0 Å². The van der Waals surface area contributed by atoms with Crippen LogP contribution in [0.5, 0.6) is 0 Å². The molecule has 3 unspecified atom stereocenters. The van der Waals surface area contributed by atoms with E-state index in [1.54, 1.807) is 0 Å². The van der Waals surface area contributed by atoms with Gasteiger partial charge in [0, 0.05) is 6.61 Å². The van der Waals surface area contributed by atoms with Crippen LogP contribution in [0.2, 0.25) is 0 Å². The lowest BCUT2D eigenvalue weighted by atomic mass is 9.94. The molecule has 0 aliphatic carbocycles. The van der Waals surface area contributed by atoms with Crippen LogP contribution in [0.1, 0.15) is 207 Å². The second-order valence-corrected chi connectivity index (χ2v) is 13.1. The van der Waals surface area contributed by atoms with Gasteiger partial charge in [-0.2, -0.15) is 0 Å². The number of hydrogen-bond donors (Lipinski definition) is 2. The molecule has 230 valence electrons. The first-order valence-electron chi connectivity index (χ1n) is 17.9. The van der Waals surface area contributed by atoms with E-state index in [1.165, 1.54) is 167 Å². The fraction of sp³-hybridized carbons (Fsp3) is 1.00. The van der Waals surface area contributed by atoms with Crippen molar-refractivity contribution >= 4 is 0 Å². The van der Waals surface area contributed by atoms with Gasteiger partial charge in [0.05, 0.1) is 6.10 Å². The van der Waals surface area contributed by atoms with Crippen molar-refractivity contribution in [2.75, 3.05) is 6.61 Å². The Bertz CT molecular complexity index is 424. The van der Waals surface area contributed by atoms with Crippen LogP contribution in [-0.2, 0) is 0 Å². The van der Waals surface area contributed by atoms with Gasteiger partial charge in [-0.05, 0) is 37.5 Å². The molecule has 3 atom stereocenters. The van der Waals surface area contributed by atoms with Crippen molar-refractivity contribution in [3.05, 3.63) is 0 Å². The summed E-state index contributed by atoms with van der Waals surface area (Å²) in [6.07, 6.45) is 38.7. The van der Waals surface area contributed by atoms with Crippen molar-refractivity contribution in [3.8, 4) is 0 Å². The van der Waals surface area contributed by atoms with Gasteiger partial charge in [0.15, 0.2) is 0 Å². The Morgan fingerprint density at radius 3 is 1.05 bits per heavy atom. The second kappa shape index (κ2) is 31.4. The van der Waals surface area contributed by atoms with E-state index in [9.17, 15) is 5.11 Å². The van der Waals surface area contributed by atoms with Gasteiger partial charge in [-0.3, -0.25) is 0 Å². The first-order chi connectivity index (χ1) is 18.6. The fourth-order valence-corrected chi connectivity index (χ4v) is 5.81. The Labute approximate surface area is 241 Å². The van der Waals surface area contributed by atoms with Gasteiger partial charge in [0.2, 0.25) is 0 Å². The van der Waals surface area contributed by atoms with E-state index >= 15 is 0 Å². The summed E-state index contributed by atoms with van der Waals surface area (Å²) in [4.78, 5) is 0. The van der Waals surface area contributed by atoms with Crippen LogP contribution >= 0.6 is 0 Å². The monoisotopic (exact) mass is 539 g/mol. The SMILES string of the molecule is CCC(C)CCCCCCCCCCCCC(O)CCC(C)CCCCCCCCCCCCCCCO. The topological polar surface area (TPSA) is 40.5 Å². The van der Waals surface area contributed by atoms with E-state index in [2.05, 4.69) is 20.8 Å². The van der Waals surface area contributed by atoms with Crippen LogP contribution < -0.4 is 0 Å². The summed E-state index contributed by atoms with van der Waals surface area (Å²) in [5, 5.41) is 19.2. The molecule has 0 rings (SSSR count). The van der Waals surface area contributed by atoms with Crippen molar-refractivity contribution in [1.82, 2.24) is 0 Å². The van der Waals surface area contributed by atoms with Crippen molar-refractivity contribution in [1.29, 1.82) is 0 Å². The van der Waals surface area contributed by atoms with E-state index in [4.69, 9.17) is 5.11 Å². The summed E-state index contributed by atoms with van der Waals surface area (Å²) in [5.41, 5.74) is 0. The highest BCUT2D eigenvalue weighted by Gasteiger charge is 2.08. The van der Waals surface area contributed by atoms with Crippen LogP contribution in [0, 0.1) is 11.8 Å². The number of aliphatic hydroxyl groups is 2. The minimum Gasteiger partial charge on any atom is -0.396 e. The Balaban J connectivity index is 3.28. The molecule has 0 fully saturated rings. The van der Waals surface area contributed by atoms with E-state index in [-0.39, 0.29) is 6.10 Å². The van der Waals surface area contributed by atoms with Crippen LogP contribution in [0.15, 0.2) is 0 Å². The summed E-state index contributed by atoms with van der Waals surface area (Å²) in [6, 6.07) is 0. The van der Waals surface area contributed by atoms with Crippen LogP contribution in [0.4, 0.5) is 0 Å². The molecule has 0 saturated carbocycles. The maximum atomic E-state index is 10.4. The minimum atomic E-state index is -0.0617. The molecule has 0 spiro atoms. The highest BCUT2D eigenvalue weighted by molar-refractivity contribution is 4.62. The Kier molecular flexibility index (Phi) is 31.4. The average molecular weight is 539 g/mol. The third-order valence-corrected chi connectivity index (χ3v) is 9.03. The maximum Gasteiger partial charge on any atom is 0.0540 e. The van der Waals surface area contributed by atoms with Crippen molar-refractivity contribution in [2.24, 2.45) is 11.8 Å². The van der Waals surface area contributed by atoms with E-state index < -0.39 is 0 Å². The van der Waals surface area contributed by atoms with Gasteiger partial charge in [-0.15, -0.1) is 0 Å². The lowest BCUT2D eigenvalue weighted by Gasteiger charge is -2.15. The molecule has 0 bridgehead atoms. The van der Waals surface area contributed by atoms with Gasteiger partial charge >= 0.3 is 0 Å².